The van der Waals surface area contributed by atoms with E-state index >= 15 is 0 Å². The van der Waals surface area contributed by atoms with Crippen LogP contribution in [0.1, 0.15) is 30.6 Å². The minimum absolute atomic E-state index is 0.0319. The molecule has 0 aliphatic carbocycles. The summed E-state index contributed by atoms with van der Waals surface area (Å²) in [5.41, 5.74) is 1.86. The molecule has 2 heterocycles. The summed E-state index contributed by atoms with van der Waals surface area (Å²) < 4.78 is 5.80. The van der Waals surface area contributed by atoms with Crippen LogP contribution in [0.25, 0.3) is 0 Å². The third-order valence-corrected chi connectivity index (χ3v) is 4.50. The number of carbonyl (C=O) groups is 1. The van der Waals surface area contributed by atoms with Gasteiger partial charge in [-0.3, -0.25) is 9.78 Å². The van der Waals surface area contributed by atoms with Crippen molar-refractivity contribution in [1.29, 1.82) is 0 Å². The lowest BCUT2D eigenvalue weighted by atomic mass is 10.1. The number of nitrogens with zero attached hydrogens (tertiary/aromatic N) is 4. The molecule has 0 saturated carbocycles. The predicted molar refractivity (Wildman–Crippen MR) is 97.0 cm³/mol. The molecule has 1 aliphatic rings. The highest BCUT2D eigenvalue weighted by Gasteiger charge is 2.28. The molecule has 1 aromatic heterocycles. The maximum Gasteiger partial charge on any atom is 0.253 e. The van der Waals surface area contributed by atoms with Crippen molar-refractivity contribution < 1.29 is 9.53 Å². The third-order valence-electron chi connectivity index (χ3n) is 4.50. The first kappa shape index (κ1) is 17.2. The molecule has 1 aliphatic heterocycles. The van der Waals surface area contributed by atoms with Crippen molar-refractivity contribution in [3.63, 3.8) is 0 Å². The van der Waals surface area contributed by atoms with Gasteiger partial charge in [-0.2, -0.15) is 0 Å². The second kappa shape index (κ2) is 7.96. The van der Waals surface area contributed by atoms with Crippen molar-refractivity contribution >= 4 is 11.6 Å². The monoisotopic (exact) mass is 340 g/mol. The van der Waals surface area contributed by atoms with E-state index in [0.717, 1.165) is 30.8 Å². The molecule has 1 fully saturated rings. The molecule has 2 aromatic rings. The Morgan fingerprint density at radius 3 is 2.64 bits per heavy atom. The van der Waals surface area contributed by atoms with Gasteiger partial charge in [0.2, 0.25) is 5.88 Å². The Balaban J connectivity index is 1.60. The number of aromatic nitrogens is 2. The van der Waals surface area contributed by atoms with Crippen molar-refractivity contribution in [2.45, 2.75) is 26.4 Å². The molecule has 1 aromatic carbocycles. The van der Waals surface area contributed by atoms with Gasteiger partial charge in [-0.05, 0) is 38.1 Å². The van der Waals surface area contributed by atoms with Crippen LogP contribution in [0.3, 0.4) is 0 Å². The van der Waals surface area contributed by atoms with Crippen LogP contribution in [0.2, 0.25) is 0 Å². The summed E-state index contributed by atoms with van der Waals surface area (Å²) in [6.07, 6.45) is 5.58. The van der Waals surface area contributed by atoms with E-state index in [4.69, 9.17) is 4.74 Å². The van der Waals surface area contributed by atoms with Gasteiger partial charge >= 0.3 is 0 Å². The van der Waals surface area contributed by atoms with Gasteiger partial charge in [0.05, 0.1) is 12.7 Å². The van der Waals surface area contributed by atoms with Crippen molar-refractivity contribution in [1.82, 2.24) is 14.9 Å². The van der Waals surface area contributed by atoms with Gasteiger partial charge in [0.25, 0.3) is 5.91 Å². The minimum Gasteiger partial charge on any atom is -0.471 e. The Kier molecular flexibility index (Phi) is 5.48. The molecule has 6 nitrogen and oxygen atoms in total. The normalized spacial score (nSPS) is 16.7. The fraction of sp³-hybridized carbons (Fsp3) is 0.421. The Morgan fingerprint density at radius 2 is 2.00 bits per heavy atom. The molecular formula is C19H24N4O2. The molecule has 132 valence electrons. The van der Waals surface area contributed by atoms with Gasteiger partial charge in [0.15, 0.2) is 0 Å². The number of amides is 1. The number of ether oxygens (including phenoxy) is 1. The van der Waals surface area contributed by atoms with Crippen LogP contribution in [0.4, 0.5) is 5.69 Å². The van der Waals surface area contributed by atoms with Crippen molar-refractivity contribution in [2.75, 3.05) is 31.1 Å². The Labute approximate surface area is 148 Å². The molecule has 0 bridgehead atoms. The standard InChI is InChI=1S/C19H24N4O2/c1-3-22(4-2)16-7-5-15(6-8-16)19(24)23-12-9-17(14-23)25-18-13-20-10-11-21-18/h5-8,10-11,13,17H,3-4,9,12,14H2,1-2H3. The zero-order chi connectivity index (χ0) is 17.6. The van der Waals surface area contributed by atoms with E-state index in [1.165, 1.54) is 0 Å². The van der Waals surface area contributed by atoms with E-state index in [1.54, 1.807) is 18.6 Å². The van der Waals surface area contributed by atoms with Gasteiger partial charge in [-0.15, -0.1) is 0 Å². The molecule has 1 unspecified atom stereocenters. The Hall–Kier alpha value is -2.63. The van der Waals surface area contributed by atoms with Crippen molar-refractivity contribution in [3.8, 4) is 5.88 Å². The zero-order valence-corrected chi connectivity index (χ0v) is 14.8. The highest BCUT2D eigenvalue weighted by Crippen LogP contribution is 2.20. The second-order valence-corrected chi connectivity index (χ2v) is 6.04. The lowest BCUT2D eigenvalue weighted by molar-refractivity contribution is 0.0771. The maximum atomic E-state index is 12.7. The number of carbonyl (C=O) groups excluding carboxylic acids is 1. The molecule has 1 amide bonds. The molecule has 0 N–H and O–H groups in total. The van der Waals surface area contributed by atoms with Crippen LogP contribution in [-0.2, 0) is 0 Å². The number of rotatable bonds is 6. The smallest absolute Gasteiger partial charge is 0.253 e. The van der Waals surface area contributed by atoms with Crippen LogP contribution >= 0.6 is 0 Å². The van der Waals surface area contributed by atoms with Gasteiger partial charge in [-0.25, -0.2) is 4.98 Å². The number of hydrogen-bond acceptors (Lipinski definition) is 5. The molecular weight excluding hydrogens is 316 g/mol. The van der Waals surface area contributed by atoms with Crippen LogP contribution in [0.15, 0.2) is 42.9 Å². The summed E-state index contributed by atoms with van der Waals surface area (Å²) in [5, 5.41) is 0. The first-order valence-electron chi connectivity index (χ1n) is 8.78. The number of anilines is 1. The van der Waals surface area contributed by atoms with Crippen molar-refractivity contribution in [2.24, 2.45) is 0 Å². The third kappa shape index (κ3) is 4.07. The number of likely N-dealkylation sites (tertiary alicyclic amines) is 1. The lowest BCUT2D eigenvalue weighted by Crippen LogP contribution is -2.31. The average molecular weight is 340 g/mol. The summed E-state index contributed by atoms with van der Waals surface area (Å²) in [6, 6.07) is 7.85. The fourth-order valence-electron chi connectivity index (χ4n) is 3.11. The van der Waals surface area contributed by atoms with Crippen LogP contribution in [-0.4, -0.2) is 53.1 Å². The second-order valence-electron chi connectivity index (χ2n) is 6.04. The highest BCUT2D eigenvalue weighted by atomic mass is 16.5. The van der Waals surface area contributed by atoms with E-state index in [1.807, 2.05) is 29.2 Å². The average Bonchev–Trinajstić information content (AvgIpc) is 3.12. The summed E-state index contributed by atoms with van der Waals surface area (Å²) in [7, 11) is 0. The van der Waals surface area contributed by atoms with E-state index in [9.17, 15) is 4.79 Å². The van der Waals surface area contributed by atoms with Gasteiger partial charge < -0.3 is 14.5 Å². The summed E-state index contributed by atoms with van der Waals surface area (Å²) >= 11 is 0. The number of hydrogen-bond donors (Lipinski definition) is 0. The van der Waals surface area contributed by atoms with Gasteiger partial charge in [-0.1, -0.05) is 0 Å². The Morgan fingerprint density at radius 1 is 1.24 bits per heavy atom. The van der Waals surface area contributed by atoms with E-state index in [0.29, 0.717) is 19.0 Å². The molecule has 6 heteroatoms. The van der Waals surface area contributed by atoms with Crippen LogP contribution in [0.5, 0.6) is 5.88 Å². The molecule has 3 rings (SSSR count). The van der Waals surface area contributed by atoms with E-state index < -0.39 is 0 Å². The zero-order valence-electron chi connectivity index (χ0n) is 14.8. The van der Waals surface area contributed by atoms with E-state index in [-0.39, 0.29) is 12.0 Å². The van der Waals surface area contributed by atoms with Gasteiger partial charge in [0.1, 0.15) is 6.10 Å². The first-order chi connectivity index (χ1) is 12.2. The van der Waals surface area contributed by atoms with E-state index in [2.05, 4.69) is 28.7 Å². The largest absolute Gasteiger partial charge is 0.471 e. The molecule has 1 atom stereocenters. The topological polar surface area (TPSA) is 58.6 Å². The Bertz CT molecular complexity index is 686. The van der Waals surface area contributed by atoms with Crippen LogP contribution < -0.4 is 9.64 Å². The van der Waals surface area contributed by atoms with Gasteiger partial charge in [0, 0.05) is 49.7 Å². The molecule has 25 heavy (non-hydrogen) atoms. The summed E-state index contributed by atoms with van der Waals surface area (Å²) in [4.78, 5) is 24.9. The highest BCUT2D eigenvalue weighted by molar-refractivity contribution is 5.94. The van der Waals surface area contributed by atoms with Crippen molar-refractivity contribution in [3.05, 3.63) is 48.4 Å². The van der Waals surface area contributed by atoms with Crippen LogP contribution in [0, 0.1) is 0 Å². The summed E-state index contributed by atoms with van der Waals surface area (Å²) in [5.74, 6) is 0.557. The molecule has 1 saturated heterocycles. The molecule has 0 spiro atoms. The summed E-state index contributed by atoms with van der Waals surface area (Å²) in [6.45, 7) is 7.44. The fourth-order valence-corrected chi connectivity index (χ4v) is 3.11. The SMILES string of the molecule is CCN(CC)c1ccc(C(=O)N2CCC(Oc3cnccn3)C2)cc1. The maximum absolute atomic E-state index is 12.7. The molecule has 0 radical (unpaired) electrons. The number of benzene rings is 1. The minimum atomic E-state index is -0.0319. The lowest BCUT2D eigenvalue weighted by Gasteiger charge is -2.22. The quantitative estimate of drug-likeness (QED) is 0.809. The first-order valence-corrected chi connectivity index (χ1v) is 8.78. The predicted octanol–water partition coefficient (Wildman–Crippen LogP) is 2.62.